The molecule has 0 spiro atoms. The molecule has 2 nitrogen and oxygen atoms in total. The summed E-state index contributed by atoms with van der Waals surface area (Å²) < 4.78 is 0. The summed E-state index contributed by atoms with van der Waals surface area (Å²) in [4.78, 5) is 4.84. The summed E-state index contributed by atoms with van der Waals surface area (Å²) in [7, 11) is 0. The summed E-state index contributed by atoms with van der Waals surface area (Å²) in [6, 6.07) is 2.96. The molecule has 2 rings (SSSR count). The van der Waals surface area contributed by atoms with Crippen LogP contribution in [-0.4, -0.2) is 11.8 Å². The van der Waals surface area contributed by atoms with Crippen molar-refractivity contribution < 1.29 is 0 Å². The van der Waals surface area contributed by atoms with Gasteiger partial charge >= 0.3 is 0 Å². The highest BCUT2D eigenvalue weighted by Crippen LogP contribution is 2.25. The monoisotopic (exact) mass is 204 g/mol. The van der Waals surface area contributed by atoms with Crippen LogP contribution in [0.25, 0.3) is 0 Å². The Kier molecular flexibility index (Phi) is 3.77. The molecule has 0 N–H and O–H groups in total. The van der Waals surface area contributed by atoms with Crippen molar-refractivity contribution in [1.82, 2.24) is 0 Å². The summed E-state index contributed by atoms with van der Waals surface area (Å²) >= 11 is 0. The van der Waals surface area contributed by atoms with Crippen LogP contribution in [0, 0.1) is 17.2 Å². The number of aliphatic imine (C=N–C) groups is 1. The van der Waals surface area contributed by atoms with E-state index in [1.165, 1.54) is 50.7 Å². The standard InChI is InChI=1S/C13H20N2/c14-10-11-6-4-5-9-13(11)15-12-7-2-1-3-8-12/h11-12H,1-9H2/b15-13+. The van der Waals surface area contributed by atoms with E-state index in [1.54, 1.807) is 0 Å². The molecule has 82 valence electrons. The molecule has 2 heteroatoms. The Hall–Kier alpha value is -0.840. The Morgan fingerprint density at radius 3 is 2.47 bits per heavy atom. The number of rotatable bonds is 1. The van der Waals surface area contributed by atoms with Crippen molar-refractivity contribution in [2.24, 2.45) is 10.9 Å². The van der Waals surface area contributed by atoms with Crippen molar-refractivity contribution >= 4 is 5.71 Å². The van der Waals surface area contributed by atoms with Gasteiger partial charge in [-0.3, -0.25) is 4.99 Å². The molecule has 0 aromatic carbocycles. The van der Waals surface area contributed by atoms with Crippen LogP contribution in [-0.2, 0) is 0 Å². The van der Waals surface area contributed by atoms with Gasteiger partial charge in [-0.25, -0.2) is 0 Å². The van der Waals surface area contributed by atoms with Crippen LogP contribution in [0.3, 0.4) is 0 Å². The predicted octanol–water partition coefficient (Wildman–Crippen LogP) is 3.47. The van der Waals surface area contributed by atoms with Crippen molar-refractivity contribution in [1.29, 1.82) is 5.26 Å². The third-order valence-corrected chi connectivity index (χ3v) is 3.66. The van der Waals surface area contributed by atoms with E-state index in [0.717, 1.165) is 12.8 Å². The molecule has 0 aromatic rings. The maximum Gasteiger partial charge on any atom is 0.0841 e. The van der Waals surface area contributed by atoms with Gasteiger partial charge in [-0.1, -0.05) is 25.7 Å². The largest absolute Gasteiger partial charge is 0.289 e. The van der Waals surface area contributed by atoms with E-state index in [-0.39, 0.29) is 5.92 Å². The molecule has 0 aromatic heterocycles. The Balaban J connectivity index is 1.99. The van der Waals surface area contributed by atoms with Gasteiger partial charge in [0, 0.05) is 11.8 Å². The minimum Gasteiger partial charge on any atom is -0.289 e. The Bertz CT molecular complexity index is 269. The highest BCUT2D eigenvalue weighted by Gasteiger charge is 2.21. The highest BCUT2D eigenvalue weighted by molar-refractivity contribution is 5.89. The average molecular weight is 204 g/mol. The molecule has 0 amide bonds. The van der Waals surface area contributed by atoms with Crippen LogP contribution in [0.4, 0.5) is 0 Å². The van der Waals surface area contributed by atoms with Crippen LogP contribution >= 0.6 is 0 Å². The van der Waals surface area contributed by atoms with Gasteiger partial charge in [-0.2, -0.15) is 5.26 Å². The van der Waals surface area contributed by atoms with Crippen molar-refractivity contribution in [2.45, 2.75) is 63.8 Å². The van der Waals surface area contributed by atoms with Crippen LogP contribution in [0.15, 0.2) is 4.99 Å². The summed E-state index contributed by atoms with van der Waals surface area (Å²) in [5, 5.41) is 9.06. The lowest BCUT2D eigenvalue weighted by atomic mass is 9.87. The summed E-state index contributed by atoms with van der Waals surface area (Å²) in [5.41, 5.74) is 1.22. The van der Waals surface area contributed by atoms with Gasteiger partial charge in [0.15, 0.2) is 0 Å². The molecule has 15 heavy (non-hydrogen) atoms. The van der Waals surface area contributed by atoms with Crippen LogP contribution in [0.1, 0.15) is 57.8 Å². The first-order chi connectivity index (χ1) is 7.40. The van der Waals surface area contributed by atoms with E-state index in [0.29, 0.717) is 6.04 Å². The normalized spacial score (nSPS) is 31.4. The maximum atomic E-state index is 9.06. The first kappa shape index (κ1) is 10.7. The molecule has 2 saturated carbocycles. The van der Waals surface area contributed by atoms with Gasteiger partial charge < -0.3 is 0 Å². The van der Waals surface area contributed by atoms with E-state index in [4.69, 9.17) is 10.3 Å². The summed E-state index contributed by atoms with van der Waals surface area (Å²) in [6.45, 7) is 0. The first-order valence-electron chi connectivity index (χ1n) is 6.36. The summed E-state index contributed by atoms with van der Waals surface area (Å²) in [5.74, 6) is 0.140. The van der Waals surface area contributed by atoms with Crippen molar-refractivity contribution in [2.75, 3.05) is 0 Å². The molecule has 0 aliphatic heterocycles. The third kappa shape index (κ3) is 2.81. The average Bonchev–Trinajstić information content (AvgIpc) is 2.31. The van der Waals surface area contributed by atoms with Gasteiger partial charge in [0.05, 0.1) is 12.0 Å². The van der Waals surface area contributed by atoms with Crippen molar-refractivity contribution in [3.63, 3.8) is 0 Å². The van der Waals surface area contributed by atoms with Gasteiger partial charge in [0.2, 0.25) is 0 Å². The Labute approximate surface area is 92.4 Å². The van der Waals surface area contributed by atoms with E-state index in [1.807, 2.05) is 0 Å². The second-order valence-electron chi connectivity index (χ2n) is 4.84. The lowest BCUT2D eigenvalue weighted by Gasteiger charge is -2.23. The minimum atomic E-state index is 0.140. The van der Waals surface area contributed by atoms with Crippen molar-refractivity contribution in [3.05, 3.63) is 0 Å². The van der Waals surface area contributed by atoms with Crippen LogP contribution in [0.2, 0.25) is 0 Å². The molecule has 0 heterocycles. The zero-order valence-electron chi connectivity index (χ0n) is 9.41. The van der Waals surface area contributed by atoms with E-state index < -0.39 is 0 Å². The Morgan fingerprint density at radius 2 is 1.73 bits per heavy atom. The van der Waals surface area contributed by atoms with Crippen LogP contribution < -0.4 is 0 Å². The fourth-order valence-corrected chi connectivity index (χ4v) is 2.73. The van der Waals surface area contributed by atoms with E-state index >= 15 is 0 Å². The summed E-state index contributed by atoms with van der Waals surface area (Å²) in [6.07, 6.45) is 11.1. The fourth-order valence-electron chi connectivity index (χ4n) is 2.73. The zero-order chi connectivity index (χ0) is 10.5. The van der Waals surface area contributed by atoms with E-state index in [9.17, 15) is 0 Å². The van der Waals surface area contributed by atoms with Gasteiger partial charge in [-0.15, -0.1) is 0 Å². The highest BCUT2D eigenvalue weighted by atomic mass is 14.8. The number of nitriles is 1. The lowest BCUT2D eigenvalue weighted by molar-refractivity contribution is 0.439. The SMILES string of the molecule is N#CC1CCCC/C1=N\C1CCCCC1. The molecule has 1 unspecified atom stereocenters. The van der Waals surface area contributed by atoms with Gasteiger partial charge in [0.25, 0.3) is 0 Å². The molecule has 0 bridgehead atoms. The van der Waals surface area contributed by atoms with Gasteiger partial charge in [0.1, 0.15) is 0 Å². The number of hydrogen-bond acceptors (Lipinski definition) is 2. The van der Waals surface area contributed by atoms with Crippen molar-refractivity contribution in [3.8, 4) is 6.07 Å². The first-order valence-corrected chi connectivity index (χ1v) is 6.36. The molecule has 0 radical (unpaired) electrons. The molecular weight excluding hydrogens is 184 g/mol. The lowest BCUT2D eigenvalue weighted by Crippen LogP contribution is -2.21. The molecule has 2 aliphatic rings. The number of hydrogen-bond donors (Lipinski definition) is 0. The molecule has 2 fully saturated rings. The molecule has 2 aliphatic carbocycles. The number of nitrogens with zero attached hydrogens (tertiary/aromatic N) is 2. The predicted molar refractivity (Wildman–Crippen MR) is 61.9 cm³/mol. The quantitative estimate of drug-likeness (QED) is 0.644. The minimum absolute atomic E-state index is 0.140. The second kappa shape index (κ2) is 5.30. The topological polar surface area (TPSA) is 36.1 Å². The van der Waals surface area contributed by atoms with Gasteiger partial charge in [-0.05, 0) is 32.1 Å². The molecule has 1 atom stereocenters. The second-order valence-corrected chi connectivity index (χ2v) is 4.84. The van der Waals surface area contributed by atoms with Crippen LogP contribution in [0.5, 0.6) is 0 Å². The smallest absolute Gasteiger partial charge is 0.0841 e. The Morgan fingerprint density at radius 1 is 1.00 bits per heavy atom. The molecular formula is C13H20N2. The maximum absolute atomic E-state index is 9.06. The molecule has 0 saturated heterocycles. The van der Waals surface area contributed by atoms with E-state index in [2.05, 4.69) is 6.07 Å². The fraction of sp³-hybridized carbons (Fsp3) is 0.846. The zero-order valence-corrected chi connectivity index (χ0v) is 9.41. The third-order valence-electron chi connectivity index (χ3n) is 3.66.